The molecule has 0 saturated heterocycles. The quantitative estimate of drug-likeness (QED) is 0.479. The number of nitrogens with one attached hydrogen (secondary N) is 1. The standard InChI is InChI=1S/C27H30N2O4S/c1-4-32-21-13-12-18(17-22(21)33-5-2)14-15-28-26(30)24-19-9-6-7-10-20(19)27(31)29(3)25(24)23-11-8-16-34-23/h6-13,16-17,24-25H,4-5,14-15H2,1-3H3,(H,28,30)/t24-,25-/m1/s1. The first-order chi connectivity index (χ1) is 16.5. The zero-order chi connectivity index (χ0) is 24.1. The summed E-state index contributed by atoms with van der Waals surface area (Å²) in [6, 6.07) is 16.9. The van der Waals surface area contributed by atoms with Crippen LogP contribution in [0.4, 0.5) is 0 Å². The molecular formula is C27H30N2O4S. The van der Waals surface area contributed by atoms with E-state index < -0.39 is 5.92 Å². The maximum atomic E-state index is 13.5. The molecule has 3 aromatic rings. The third kappa shape index (κ3) is 4.80. The second-order valence-electron chi connectivity index (χ2n) is 8.13. The molecule has 2 aromatic carbocycles. The Bertz CT molecular complexity index is 1150. The van der Waals surface area contributed by atoms with Crippen LogP contribution in [0.1, 0.15) is 52.2 Å². The van der Waals surface area contributed by atoms with Crippen LogP contribution in [0.15, 0.2) is 60.0 Å². The smallest absolute Gasteiger partial charge is 0.254 e. The molecule has 4 rings (SSSR count). The number of likely N-dealkylation sites (N-methyl/N-ethyl adjacent to an activating group) is 1. The number of rotatable bonds is 9. The molecule has 0 unspecified atom stereocenters. The third-order valence-electron chi connectivity index (χ3n) is 6.02. The van der Waals surface area contributed by atoms with Crippen LogP contribution in [-0.4, -0.2) is 43.5 Å². The van der Waals surface area contributed by atoms with Crippen molar-refractivity contribution in [1.29, 1.82) is 0 Å². The third-order valence-corrected chi connectivity index (χ3v) is 6.96. The van der Waals surface area contributed by atoms with Gasteiger partial charge in [0.2, 0.25) is 5.91 Å². The van der Waals surface area contributed by atoms with Crippen LogP contribution in [0.5, 0.6) is 11.5 Å². The van der Waals surface area contributed by atoms with Crippen molar-refractivity contribution in [3.8, 4) is 11.5 Å². The molecule has 1 aromatic heterocycles. The van der Waals surface area contributed by atoms with Crippen LogP contribution in [-0.2, 0) is 11.2 Å². The molecule has 0 fully saturated rings. The van der Waals surface area contributed by atoms with Gasteiger partial charge in [-0.1, -0.05) is 30.3 Å². The fraction of sp³-hybridized carbons (Fsp3) is 0.333. The number of fused-ring (bicyclic) bond motifs is 1. The zero-order valence-corrected chi connectivity index (χ0v) is 20.6. The highest BCUT2D eigenvalue weighted by atomic mass is 32.1. The molecule has 0 spiro atoms. The van der Waals surface area contributed by atoms with Crippen LogP contribution in [0.2, 0.25) is 0 Å². The molecule has 178 valence electrons. The average Bonchev–Trinajstić information content (AvgIpc) is 3.37. The van der Waals surface area contributed by atoms with Crippen molar-refractivity contribution in [1.82, 2.24) is 10.2 Å². The summed E-state index contributed by atoms with van der Waals surface area (Å²) in [7, 11) is 1.78. The topological polar surface area (TPSA) is 67.9 Å². The van der Waals surface area contributed by atoms with E-state index in [9.17, 15) is 9.59 Å². The van der Waals surface area contributed by atoms with Gasteiger partial charge in [-0.3, -0.25) is 9.59 Å². The summed E-state index contributed by atoms with van der Waals surface area (Å²) in [6.45, 7) is 5.48. The lowest BCUT2D eigenvalue weighted by Crippen LogP contribution is -2.45. The first kappa shape index (κ1) is 23.8. The molecule has 0 radical (unpaired) electrons. The summed E-state index contributed by atoms with van der Waals surface area (Å²) in [5.74, 6) is 0.823. The van der Waals surface area contributed by atoms with Crippen LogP contribution < -0.4 is 14.8 Å². The number of amides is 2. The summed E-state index contributed by atoms with van der Waals surface area (Å²) in [5, 5.41) is 5.09. The van der Waals surface area contributed by atoms with Gasteiger partial charge in [0, 0.05) is 24.0 Å². The largest absolute Gasteiger partial charge is 0.490 e. The summed E-state index contributed by atoms with van der Waals surface area (Å²) in [5.41, 5.74) is 2.42. The van der Waals surface area contributed by atoms with E-state index in [1.807, 2.05) is 67.8 Å². The predicted molar refractivity (Wildman–Crippen MR) is 134 cm³/mol. The Balaban J connectivity index is 1.53. The molecule has 0 aliphatic carbocycles. The first-order valence-electron chi connectivity index (χ1n) is 11.6. The van der Waals surface area contributed by atoms with Gasteiger partial charge in [0.25, 0.3) is 5.91 Å². The highest BCUT2D eigenvalue weighted by molar-refractivity contribution is 7.10. The summed E-state index contributed by atoms with van der Waals surface area (Å²) >= 11 is 1.56. The van der Waals surface area contributed by atoms with Gasteiger partial charge in [-0.25, -0.2) is 0 Å². The van der Waals surface area contributed by atoms with E-state index in [-0.39, 0.29) is 17.9 Å². The van der Waals surface area contributed by atoms with Gasteiger partial charge in [0.05, 0.1) is 25.2 Å². The number of carbonyl (C=O) groups excluding carboxylic acids is 2. The molecule has 2 amide bonds. The summed E-state index contributed by atoms with van der Waals surface area (Å²) in [4.78, 5) is 29.2. The monoisotopic (exact) mass is 478 g/mol. The molecule has 2 heterocycles. The Morgan fingerprint density at radius 2 is 1.79 bits per heavy atom. The van der Waals surface area contributed by atoms with Gasteiger partial charge in [0.15, 0.2) is 11.5 Å². The average molecular weight is 479 g/mol. The minimum absolute atomic E-state index is 0.0594. The lowest BCUT2D eigenvalue weighted by atomic mass is 9.81. The normalized spacial score (nSPS) is 17.3. The second-order valence-corrected chi connectivity index (χ2v) is 9.11. The lowest BCUT2D eigenvalue weighted by Gasteiger charge is -2.39. The SMILES string of the molecule is CCOc1ccc(CCNC(=O)[C@@H]2c3ccccc3C(=O)N(C)[C@@H]2c2cccs2)cc1OCC. The van der Waals surface area contributed by atoms with E-state index >= 15 is 0 Å². The maximum absolute atomic E-state index is 13.5. The molecule has 1 aliphatic rings. The van der Waals surface area contributed by atoms with E-state index in [2.05, 4.69) is 5.32 Å². The molecule has 0 saturated carbocycles. The van der Waals surface area contributed by atoms with Gasteiger partial charge in [0.1, 0.15) is 0 Å². The van der Waals surface area contributed by atoms with Crippen molar-refractivity contribution in [3.63, 3.8) is 0 Å². The second kappa shape index (κ2) is 10.7. The molecule has 0 bridgehead atoms. The van der Waals surface area contributed by atoms with Gasteiger partial charge >= 0.3 is 0 Å². The fourth-order valence-corrected chi connectivity index (χ4v) is 5.37. The number of ether oxygens (including phenoxy) is 2. The van der Waals surface area contributed by atoms with Crippen molar-refractivity contribution < 1.29 is 19.1 Å². The first-order valence-corrected chi connectivity index (χ1v) is 12.5. The minimum atomic E-state index is -0.475. The molecule has 1 aliphatic heterocycles. The Morgan fingerprint density at radius 1 is 1.03 bits per heavy atom. The number of hydrogen-bond acceptors (Lipinski definition) is 5. The number of carbonyl (C=O) groups is 2. The number of thiophene rings is 1. The zero-order valence-electron chi connectivity index (χ0n) is 19.7. The fourth-order valence-electron chi connectivity index (χ4n) is 4.46. The Kier molecular flexibility index (Phi) is 7.53. The molecule has 7 heteroatoms. The number of nitrogens with zero attached hydrogens (tertiary/aromatic N) is 1. The van der Waals surface area contributed by atoms with Crippen LogP contribution in [0.25, 0.3) is 0 Å². The van der Waals surface area contributed by atoms with Crippen LogP contribution >= 0.6 is 11.3 Å². The molecular weight excluding hydrogens is 448 g/mol. The van der Waals surface area contributed by atoms with Gasteiger partial charge in [-0.05, 0) is 61.0 Å². The maximum Gasteiger partial charge on any atom is 0.254 e. The number of hydrogen-bond donors (Lipinski definition) is 1. The highest BCUT2D eigenvalue weighted by Gasteiger charge is 2.42. The van der Waals surface area contributed by atoms with E-state index in [4.69, 9.17) is 9.47 Å². The lowest BCUT2D eigenvalue weighted by molar-refractivity contribution is -0.124. The Morgan fingerprint density at radius 3 is 2.53 bits per heavy atom. The van der Waals surface area contributed by atoms with Crippen molar-refractivity contribution >= 4 is 23.2 Å². The van der Waals surface area contributed by atoms with Crippen molar-refractivity contribution in [2.45, 2.75) is 32.2 Å². The Hall–Kier alpha value is -3.32. The summed E-state index contributed by atoms with van der Waals surface area (Å²) < 4.78 is 11.4. The van der Waals surface area contributed by atoms with E-state index in [0.717, 1.165) is 21.8 Å². The highest BCUT2D eigenvalue weighted by Crippen LogP contribution is 2.43. The van der Waals surface area contributed by atoms with Crippen LogP contribution in [0.3, 0.4) is 0 Å². The molecule has 1 N–H and O–H groups in total. The Labute approximate surface area is 204 Å². The number of benzene rings is 2. The van der Waals surface area contributed by atoms with Gasteiger partial charge in [-0.2, -0.15) is 0 Å². The summed E-state index contributed by atoms with van der Waals surface area (Å²) in [6.07, 6.45) is 0.658. The molecule has 2 atom stereocenters. The van der Waals surface area contributed by atoms with Crippen molar-refractivity contribution in [2.24, 2.45) is 0 Å². The van der Waals surface area contributed by atoms with Crippen molar-refractivity contribution in [2.75, 3.05) is 26.8 Å². The predicted octanol–water partition coefficient (Wildman–Crippen LogP) is 4.81. The van der Waals surface area contributed by atoms with E-state index in [1.165, 1.54) is 0 Å². The van der Waals surface area contributed by atoms with E-state index in [1.54, 1.807) is 29.4 Å². The van der Waals surface area contributed by atoms with Gasteiger partial charge in [-0.15, -0.1) is 11.3 Å². The van der Waals surface area contributed by atoms with E-state index in [0.29, 0.717) is 37.5 Å². The minimum Gasteiger partial charge on any atom is -0.490 e. The molecule has 34 heavy (non-hydrogen) atoms. The van der Waals surface area contributed by atoms with Crippen molar-refractivity contribution in [3.05, 3.63) is 81.5 Å². The molecule has 6 nitrogen and oxygen atoms in total. The van der Waals surface area contributed by atoms with Gasteiger partial charge < -0.3 is 19.7 Å². The van der Waals surface area contributed by atoms with Crippen LogP contribution in [0, 0.1) is 0 Å².